The lowest BCUT2D eigenvalue weighted by Gasteiger charge is -2.36. The van der Waals surface area contributed by atoms with Gasteiger partial charge in [-0.1, -0.05) is 43.6 Å². The van der Waals surface area contributed by atoms with E-state index < -0.39 is 0 Å². The third-order valence-corrected chi connectivity index (χ3v) is 4.80. The molecule has 1 fully saturated rings. The molecule has 0 amide bonds. The van der Waals surface area contributed by atoms with E-state index in [9.17, 15) is 0 Å². The zero-order valence-corrected chi connectivity index (χ0v) is 13.2. The first-order chi connectivity index (χ1) is 9.10. The van der Waals surface area contributed by atoms with Crippen LogP contribution in [0.15, 0.2) is 0 Å². The smallest absolute Gasteiger partial charge is 0.294 e. The molecule has 3 unspecified atom stereocenters. The zero-order chi connectivity index (χ0) is 13.8. The Morgan fingerprint density at radius 3 is 2.84 bits per heavy atom. The van der Waals surface area contributed by atoms with Crippen LogP contribution in [-0.4, -0.2) is 23.3 Å². The van der Waals surface area contributed by atoms with Crippen molar-refractivity contribution >= 4 is 11.3 Å². The van der Waals surface area contributed by atoms with Gasteiger partial charge in [-0.15, -0.1) is 5.10 Å². The van der Waals surface area contributed by atoms with E-state index in [4.69, 9.17) is 4.74 Å². The molecule has 0 aliphatic heterocycles. The highest BCUT2D eigenvalue weighted by Crippen LogP contribution is 2.36. The second kappa shape index (κ2) is 6.66. The highest BCUT2D eigenvalue weighted by atomic mass is 32.1. The molecular formula is C14H25N3OS. The van der Waals surface area contributed by atoms with Crippen LogP contribution in [0.3, 0.4) is 0 Å². The van der Waals surface area contributed by atoms with Gasteiger partial charge in [0.15, 0.2) is 0 Å². The molecule has 19 heavy (non-hydrogen) atoms. The van der Waals surface area contributed by atoms with E-state index in [0.717, 1.165) is 29.1 Å². The Labute approximate surface area is 120 Å². The fraction of sp³-hybridized carbons (Fsp3) is 0.857. The SMILES string of the molecule is CNCc1nnc(OC2CC(C)CCC2C(C)C)s1. The van der Waals surface area contributed by atoms with Crippen LogP contribution in [0.1, 0.15) is 45.0 Å². The first-order valence-electron chi connectivity index (χ1n) is 7.23. The molecule has 0 spiro atoms. The molecule has 0 saturated heterocycles. The quantitative estimate of drug-likeness (QED) is 0.902. The highest BCUT2D eigenvalue weighted by Gasteiger charge is 2.32. The molecule has 1 aliphatic carbocycles. The summed E-state index contributed by atoms with van der Waals surface area (Å²) < 4.78 is 6.14. The van der Waals surface area contributed by atoms with E-state index in [1.807, 2.05) is 7.05 Å². The van der Waals surface area contributed by atoms with Gasteiger partial charge in [0.05, 0.1) is 0 Å². The van der Waals surface area contributed by atoms with Gasteiger partial charge >= 0.3 is 0 Å². The fourth-order valence-corrected chi connectivity index (χ4v) is 3.64. The van der Waals surface area contributed by atoms with E-state index >= 15 is 0 Å². The summed E-state index contributed by atoms with van der Waals surface area (Å²) in [5, 5.41) is 13.1. The highest BCUT2D eigenvalue weighted by molar-refractivity contribution is 7.13. The summed E-state index contributed by atoms with van der Waals surface area (Å²) in [6.07, 6.45) is 4.04. The zero-order valence-electron chi connectivity index (χ0n) is 12.3. The van der Waals surface area contributed by atoms with Crippen LogP contribution in [0.2, 0.25) is 0 Å². The van der Waals surface area contributed by atoms with Crippen molar-refractivity contribution in [3.8, 4) is 5.19 Å². The topological polar surface area (TPSA) is 47.0 Å². The Morgan fingerprint density at radius 2 is 2.16 bits per heavy atom. The summed E-state index contributed by atoms with van der Waals surface area (Å²) in [5.74, 6) is 2.07. The van der Waals surface area contributed by atoms with Crippen LogP contribution in [-0.2, 0) is 6.54 Å². The van der Waals surface area contributed by atoms with Gasteiger partial charge in [0.2, 0.25) is 0 Å². The van der Waals surface area contributed by atoms with E-state index in [-0.39, 0.29) is 0 Å². The van der Waals surface area contributed by atoms with Gasteiger partial charge in [0.1, 0.15) is 11.1 Å². The second-order valence-corrected chi connectivity index (χ2v) is 7.00. The third kappa shape index (κ3) is 3.89. The summed E-state index contributed by atoms with van der Waals surface area (Å²) in [5.41, 5.74) is 0. The minimum absolute atomic E-state index is 0.305. The number of hydrogen-bond donors (Lipinski definition) is 1. The van der Waals surface area contributed by atoms with Crippen molar-refractivity contribution in [1.82, 2.24) is 15.5 Å². The van der Waals surface area contributed by atoms with E-state index in [0.29, 0.717) is 17.9 Å². The minimum Gasteiger partial charge on any atom is -0.465 e. The van der Waals surface area contributed by atoms with Crippen molar-refractivity contribution in [1.29, 1.82) is 0 Å². The molecule has 0 bridgehead atoms. The summed E-state index contributed by atoms with van der Waals surface area (Å²) in [6.45, 7) is 7.67. The molecule has 1 aromatic rings. The molecule has 3 atom stereocenters. The maximum absolute atomic E-state index is 6.14. The van der Waals surface area contributed by atoms with Crippen LogP contribution in [0.4, 0.5) is 0 Å². The number of ether oxygens (including phenoxy) is 1. The van der Waals surface area contributed by atoms with Crippen LogP contribution in [0, 0.1) is 17.8 Å². The Balaban J connectivity index is 2.01. The maximum atomic E-state index is 6.14. The van der Waals surface area contributed by atoms with Gasteiger partial charge in [-0.05, 0) is 37.6 Å². The lowest BCUT2D eigenvalue weighted by atomic mass is 9.75. The molecule has 1 aromatic heterocycles. The van der Waals surface area contributed by atoms with Crippen LogP contribution in [0.5, 0.6) is 5.19 Å². The molecule has 4 nitrogen and oxygen atoms in total. The predicted octanol–water partition coefficient (Wildman–Crippen LogP) is 3.10. The Kier molecular flexibility index (Phi) is 5.16. The second-order valence-electron chi connectivity index (χ2n) is 5.97. The average Bonchev–Trinajstić information content (AvgIpc) is 2.77. The molecular weight excluding hydrogens is 258 g/mol. The monoisotopic (exact) mass is 283 g/mol. The minimum atomic E-state index is 0.305. The van der Waals surface area contributed by atoms with Crippen molar-refractivity contribution in [2.45, 2.75) is 52.7 Å². The number of hydrogen-bond acceptors (Lipinski definition) is 5. The summed E-state index contributed by atoms with van der Waals surface area (Å²) in [4.78, 5) is 0. The summed E-state index contributed by atoms with van der Waals surface area (Å²) >= 11 is 1.56. The predicted molar refractivity (Wildman–Crippen MR) is 78.4 cm³/mol. The third-order valence-electron chi connectivity index (χ3n) is 3.99. The summed E-state index contributed by atoms with van der Waals surface area (Å²) in [7, 11) is 1.92. The molecule has 1 aliphatic rings. The van der Waals surface area contributed by atoms with E-state index in [1.165, 1.54) is 12.8 Å². The molecule has 0 aromatic carbocycles. The first-order valence-corrected chi connectivity index (χ1v) is 8.05. The van der Waals surface area contributed by atoms with E-state index in [2.05, 4.69) is 36.3 Å². The van der Waals surface area contributed by atoms with Gasteiger partial charge in [0, 0.05) is 6.54 Å². The van der Waals surface area contributed by atoms with Gasteiger partial charge in [0.25, 0.3) is 5.19 Å². The molecule has 0 radical (unpaired) electrons. The van der Waals surface area contributed by atoms with Crippen molar-refractivity contribution in [2.75, 3.05) is 7.05 Å². The molecule has 1 heterocycles. The van der Waals surface area contributed by atoms with Crippen LogP contribution >= 0.6 is 11.3 Å². The van der Waals surface area contributed by atoms with Crippen molar-refractivity contribution in [3.05, 3.63) is 5.01 Å². The number of nitrogens with zero attached hydrogens (tertiary/aromatic N) is 2. The standard InChI is InChI=1S/C14H25N3OS/c1-9(2)11-6-5-10(3)7-12(11)18-14-17-16-13(19-14)8-15-4/h9-12,15H,5-8H2,1-4H3. The maximum Gasteiger partial charge on any atom is 0.294 e. The number of aromatic nitrogens is 2. The van der Waals surface area contributed by atoms with E-state index in [1.54, 1.807) is 11.3 Å². The largest absolute Gasteiger partial charge is 0.465 e. The van der Waals surface area contributed by atoms with Gasteiger partial charge < -0.3 is 10.1 Å². The van der Waals surface area contributed by atoms with Crippen LogP contribution in [0.25, 0.3) is 0 Å². The molecule has 1 N–H and O–H groups in total. The first kappa shape index (κ1) is 14.7. The molecule has 108 valence electrons. The Morgan fingerprint density at radius 1 is 1.37 bits per heavy atom. The van der Waals surface area contributed by atoms with Crippen molar-refractivity contribution in [2.24, 2.45) is 17.8 Å². The molecule has 5 heteroatoms. The molecule has 2 rings (SSSR count). The van der Waals surface area contributed by atoms with Crippen molar-refractivity contribution in [3.63, 3.8) is 0 Å². The van der Waals surface area contributed by atoms with Crippen LogP contribution < -0.4 is 10.1 Å². The average molecular weight is 283 g/mol. The van der Waals surface area contributed by atoms with Gasteiger partial charge in [-0.2, -0.15) is 0 Å². The lowest BCUT2D eigenvalue weighted by molar-refractivity contribution is 0.0453. The Hall–Kier alpha value is -0.680. The van der Waals surface area contributed by atoms with Crippen molar-refractivity contribution < 1.29 is 4.74 Å². The number of rotatable bonds is 5. The van der Waals surface area contributed by atoms with Gasteiger partial charge in [-0.25, -0.2) is 0 Å². The number of nitrogens with one attached hydrogen (secondary N) is 1. The molecule has 1 saturated carbocycles. The summed E-state index contributed by atoms with van der Waals surface area (Å²) in [6, 6.07) is 0. The Bertz CT molecular complexity index is 394. The lowest BCUT2D eigenvalue weighted by Crippen LogP contribution is -2.36. The fourth-order valence-electron chi connectivity index (χ4n) is 2.89. The normalized spacial score (nSPS) is 27.7. The van der Waals surface area contributed by atoms with Gasteiger partial charge in [-0.3, -0.25) is 0 Å².